The Bertz CT molecular complexity index is 932. The van der Waals surface area contributed by atoms with Crippen molar-refractivity contribution in [3.05, 3.63) is 81.8 Å². The van der Waals surface area contributed by atoms with Gasteiger partial charge in [0.05, 0.1) is 11.7 Å². The smallest absolute Gasteiger partial charge is 0.223 e. The van der Waals surface area contributed by atoms with Crippen molar-refractivity contribution in [2.24, 2.45) is 0 Å². The summed E-state index contributed by atoms with van der Waals surface area (Å²) in [6, 6.07) is 21.7. The highest BCUT2D eigenvalue weighted by molar-refractivity contribution is 7.19. The molecule has 1 N–H and O–H groups in total. The second kappa shape index (κ2) is 9.71. The van der Waals surface area contributed by atoms with Crippen molar-refractivity contribution >= 4 is 34.0 Å². The van der Waals surface area contributed by atoms with Gasteiger partial charge in [-0.1, -0.05) is 83.6 Å². The third-order valence-corrected chi connectivity index (χ3v) is 6.56. The average molecular weight is 441 g/mol. The van der Waals surface area contributed by atoms with E-state index in [1.165, 1.54) is 29.4 Å². The molecule has 0 bridgehead atoms. The maximum atomic E-state index is 11.3. The van der Waals surface area contributed by atoms with E-state index in [0.29, 0.717) is 16.0 Å². The molecule has 1 aliphatic heterocycles. The molecule has 0 atom stereocenters. The van der Waals surface area contributed by atoms with Crippen LogP contribution >= 0.6 is 22.9 Å². The minimum atomic E-state index is -0.131. The van der Waals surface area contributed by atoms with Gasteiger partial charge >= 0.3 is 0 Å². The molecule has 7 heteroatoms. The third kappa shape index (κ3) is 5.08. The molecular weight excluding hydrogens is 416 g/mol. The largest absolute Gasteiger partial charge is 0.302 e. The molecule has 4 rings (SSSR count). The number of aromatic nitrogens is 1. The van der Waals surface area contributed by atoms with Crippen LogP contribution in [0.15, 0.2) is 60.7 Å². The summed E-state index contributed by atoms with van der Waals surface area (Å²) in [4.78, 5) is 20.7. The summed E-state index contributed by atoms with van der Waals surface area (Å²) < 4.78 is 0.646. The molecule has 0 spiro atoms. The number of hydrogen-bond acceptors (Lipinski definition) is 5. The molecule has 156 valence electrons. The molecule has 1 aromatic heterocycles. The van der Waals surface area contributed by atoms with Crippen LogP contribution in [0, 0.1) is 0 Å². The average Bonchev–Trinajstić information content (AvgIpc) is 3.09. The second-order valence-electron chi connectivity index (χ2n) is 7.46. The minimum absolute atomic E-state index is 0.131. The van der Waals surface area contributed by atoms with Gasteiger partial charge in [-0.2, -0.15) is 0 Å². The van der Waals surface area contributed by atoms with Crippen LogP contribution in [0.3, 0.4) is 0 Å². The standard InChI is InChI=1S/C23H25ClN4OS/c1-17(29)25-23-26-20(22(24)30-23)16-27-12-14-28(15-13-27)21(18-8-4-2-5-9-18)19-10-6-3-7-11-19/h2-11,21H,12-16H2,1H3,(H,25,26,29). The van der Waals surface area contributed by atoms with E-state index in [9.17, 15) is 4.79 Å². The number of nitrogens with one attached hydrogen (secondary N) is 1. The van der Waals surface area contributed by atoms with Gasteiger partial charge in [0.1, 0.15) is 4.34 Å². The number of anilines is 1. The Morgan fingerprint density at radius 1 is 1.03 bits per heavy atom. The lowest BCUT2D eigenvalue weighted by molar-refractivity contribution is -0.114. The van der Waals surface area contributed by atoms with Crippen LogP contribution in [0.25, 0.3) is 0 Å². The van der Waals surface area contributed by atoms with Crippen molar-refractivity contribution < 1.29 is 4.79 Å². The molecular formula is C23H25ClN4OS. The molecule has 1 aliphatic rings. The molecule has 1 fully saturated rings. The lowest BCUT2D eigenvalue weighted by atomic mass is 9.96. The van der Waals surface area contributed by atoms with Crippen LogP contribution < -0.4 is 5.32 Å². The number of rotatable bonds is 6. The predicted molar refractivity (Wildman–Crippen MR) is 123 cm³/mol. The van der Waals surface area contributed by atoms with Crippen LogP contribution in [-0.2, 0) is 11.3 Å². The Morgan fingerprint density at radius 3 is 2.13 bits per heavy atom. The zero-order valence-corrected chi connectivity index (χ0v) is 18.5. The van der Waals surface area contributed by atoms with Gasteiger partial charge in [-0.3, -0.25) is 14.6 Å². The van der Waals surface area contributed by atoms with Crippen LogP contribution in [0.2, 0.25) is 4.34 Å². The second-order valence-corrected chi connectivity index (χ2v) is 9.06. The first kappa shape index (κ1) is 21.0. The Kier molecular flexibility index (Phi) is 6.79. The van der Waals surface area contributed by atoms with E-state index >= 15 is 0 Å². The molecule has 0 radical (unpaired) electrons. The van der Waals surface area contributed by atoms with E-state index in [2.05, 4.69) is 80.8 Å². The van der Waals surface area contributed by atoms with Crippen LogP contribution in [0.5, 0.6) is 0 Å². The number of carbonyl (C=O) groups excluding carboxylic acids is 1. The molecule has 30 heavy (non-hydrogen) atoms. The molecule has 0 unspecified atom stereocenters. The topological polar surface area (TPSA) is 48.5 Å². The third-order valence-electron chi connectivity index (χ3n) is 5.31. The van der Waals surface area contributed by atoms with Gasteiger partial charge in [-0.15, -0.1) is 0 Å². The van der Waals surface area contributed by atoms with E-state index in [1.54, 1.807) is 0 Å². The number of carbonyl (C=O) groups is 1. The fourth-order valence-corrected chi connectivity index (χ4v) is 4.98. The first-order valence-corrected chi connectivity index (χ1v) is 11.3. The summed E-state index contributed by atoms with van der Waals surface area (Å²) in [5.41, 5.74) is 3.47. The van der Waals surface area contributed by atoms with E-state index in [0.717, 1.165) is 31.9 Å². The molecule has 2 heterocycles. The number of thiazole rings is 1. The van der Waals surface area contributed by atoms with Crippen LogP contribution in [-0.4, -0.2) is 46.9 Å². The summed E-state index contributed by atoms with van der Waals surface area (Å²) in [6.07, 6.45) is 0. The van der Waals surface area contributed by atoms with Gasteiger partial charge < -0.3 is 5.32 Å². The number of halogens is 1. The lowest BCUT2D eigenvalue weighted by Gasteiger charge is -2.39. The van der Waals surface area contributed by atoms with E-state index in [1.807, 2.05) is 0 Å². The van der Waals surface area contributed by atoms with Crippen LogP contribution in [0.1, 0.15) is 29.8 Å². The molecule has 1 amide bonds. The molecule has 3 aromatic rings. The van der Waals surface area contributed by atoms with Gasteiger partial charge in [-0.25, -0.2) is 4.98 Å². The summed E-state index contributed by atoms with van der Waals surface area (Å²) in [5, 5.41) is 3.28. The van der Waals surface area contributed by atoms with Gasteiger partial charge in [0, 0.05) is 39.6 Å². The fraction of sp³-hybridized carbons (Fsp3) is 0.304. The normalized spacial score (nSPS) is 15.4. The molecule has 5 nitrogen and oxygen atoms in total. The summed E-state index contributed by atoms with van der Waals surface area (Å²) in [6.45, 7) is 6.00. The van der Waals surface area contributed by atoms with Crippen molar-refractivity contribution in [2.75, 3.05) is 31.5 Å². The van der Waals surface area contributed by atoms with Crippen molar-refractivity contribution in [2.45, 2.75) is 19.5 Å². The predicted octanol–water partition coefficient (Wildman–Crippen LogP) is 4.66. The van der Waals surface area contributed by atoms with E-state index in [4.69, 9.17) is 11.6 Å². The van der Waals surface area contributed by atoms with Gasteiger partial charge in [0.25, 0.3) is 0 Å². The maximum absolute atomic E-state index is 11.3. The van der Waals surface area contributed by atoms with Crippen molar-refractivity contribution in [1.29, 1.82) is 0 Å². The number of amides is 1. The SMILES string of the molecule is CC(=O)Nc1nc(CN2CCN(C(c3ccccc3)c3ccccc3)CC2)c(Cl)s1. The first-order chi connectivity index (χ1) is 14.6. The van der Waals surface area contributed by atoms with E-state index < -0.39 is 0 Å². The maximum Gasteiger partial charge on any atom is 0.223 e. The van der Waals surface area contributed by atoms with Crippen molar-refractivity contribution in [3.63, 3.8) is 0 Å². The number of piperazine rings is 1. The molecule has 0 aliphatic carbocycles. The molecule has 0 saturated carbocycles. The Labute approximate surface area is 186 Å². The highest BCUT2D eigenvalue weighted by Crippen LogP contribution is 2.31. The molecule has 2 aromatic carbocycles. The lowest BCUT2D eigenvalue weighted by Crippen LogP contribution is -2.47. The monoisotopic (exact) mass is 440 g/mol. The molecule has 1 saturated heterocycles. The Balaban J connectivity index is 1.44. The summed E-state index contributed by atoms with van der Waals surface area (Å²) in [5.74, 6) is -0.131. The quantitative estimate of drug-likeness (QED) is 0.605. The van der Waals surface area contributed by atoms with Gasteiger partial charge in [0.15, 0.2) is 5.13 Å². The minimum Gasteiger partial charge on any atom is -0.302 e. The van der Waals surface area contributed by atoms with Crippen molar-refractivity contribution in [3.8, 4) is 0 Å². The summed E-state index contributed by atoms with van der Waals surface area (Å²) in [7, 11) is 0. The van der Waals surface area contributed by atoms with Crippen molar-refractivity contribution in [1.82, 2.24) is 14.8 Å². The van der Waals surface area contributed by atoms with Crippen LogP contribution in [0.4, 0.5) is 5.13 Å². The number of hydrogen-bond donors (Lipinski definition) is 1. The highest BCUT2D eigenvalue weighted by Gasteiger charge is 2.27. The van der Waals surface area contributed by atoms with Gasteiger partial charge in [-0.05, 0) is 11.1 Å². The number of benzene rings is 2. The highest BCUT2D eigenvalue weighted by atomic mass is 35.5. The van der Waals surface area contributed by atoms with Gasteiger partial charge in [0.2, 0.25) is 5.91 Å². The summed E-state index contributed by atoms with van der Waals surface area (Å²) >= 11 is 7.67. The first-order valence-electron chi connectivity index (χ1n) is 10.1. The zero-order valence-electron chi connectivity index (χ0n) is 16.9. The van der Waals surface area contributed by atoms with E-state index in [-0.39, 0.29) is 11.9 Å². The zero-order chi connectivity index (χ0) is 20.9. The Hall–Kier alpha value is -2.25. The number of nitrogens with zero attached hydrogens (tertiary/aromatic N) is 3. The Morgan fingerprint density at radius 2 is 1.60 bits per heavy atom. The fourth-order valence-electron chi connectivity index (χ4n) is 3.91.